The normalized spacial score (nSPS) is 25.4. The fourth-order valence-corrected chi connectivity index (χ4v) is 4.80. The maximum Gasteiger partial charge on any atom is 0.228 e. The summed E-state index contributed by atoms with van der Waals surface area (Å²) in [6, 6.07) is 8.19. The number of benzene rings is 1. The summed E-state index contributed by atoms with van der Waals surface area (Å²) in [4.78, 5) is 36.8. The summed E-state index contributed by atoms with van der Waals surface area (Å²) in [6.07, 6.45) is 8.30. The van der Waals surface area contributed by atoms with E-state index in [-0.39, 0.29) is 23.8 Å². The molecule has 2 fully saturated rings. The molecule has 1 N–H and O–H groups in total. The molecule has 1 aromatic carbocycles. The molecular weight excluding hydrogens is 388 g/mol. The molecule has 6 nitrogen and oxygen atoms in total. The van der Waals surface area contributed by atoms with Crippen LogP contribution in [0, 0.1) is 17.3 Å². The highest BCUT2D eigenvalue weighted by molar-refractivity contribution is 5.87. The molecule has 1 aromatic heterocycles. The summed E-state index contributed by atoms with van der Waals surface area (Å²) >= 11 is 0. The maximum absolute atomic E-state index is 13.5. The number of piperidine rings is 1. The number of carbonyl (C=O) groups excluding carboxylic acids is 2. The maximum atomic E-state index is 13.5. The second kappa shape index (κ2) is 8.77. The largest absolute Gasteiger partial charge is 0.353 e. The first-order chi connectivity index (χ1) is 14.9. The number of likely N-dealkylation sites (tertiary alicyclic amines) is 1. The van der Waals surface area contributed by atoms with Crippen LogP contribution in [-0.2, 0) is 16.0 Å². The minimum atomic E-state index is -0.637. The van der Waals surface area contributed by atoms with Crippen molar-refractivity contribution in [2.24, 2.45) is 17.3 Å². The molecule has 0 spiro atoms. The Kier molecular flexibility index (Phi) is 6.08. The first-order valence-electron chi connectivity index (χ1n) is 11.3. The standard InChI is InChI=1S/C25H32N4O2/c1-17(2)28-24(31)25(9-6-10-29(15-25)23(30)22-11-18(22)3)12-19-7-4-5-8-21(19)20-13-26-16-27-14-20/h4-5,7-8,13-14,16-18,22H,6,9-12,15H2,1-3H3,(H,28,31)/t18-,22+,25+/m1/s1. The molecule has 1 saturated carbocycles. The summed E-state index contributed by atoms with van der Waals surface area (Å²) in [7, 11) is 0. The van der Waals surface area contributed by atoms with Gasteiger partial charge in [-0.15, -0.1) is 0 Å². The predicted octanol–water partition coefficient (Wildman–Crippen LogP) is 3.48. The number of hydrogen-bond donors (Lipinski definition) is 1. The zero-order valence-corrected chi connectivity index (χ0v) is 18.7. The van der Waals surface area contributed by atoms with Crippen molar-refractivity contribution in [3.8, 4) is 11.1 Å². The monoisotopic (exact) mass is 420 g/mol. The minimum Gasteiger partial charge on any atom is -0.353 e. The molecule has 0 unspecified atom stereocenters. The van der Waals surface area contributed by atoms with E-state index in [2.05, 4.69) is 34.3 Å². The van der Waals surface area contributed by atoms with Gasteiger partial charge in [0.15, 0.2) is 0 Å². The summed E-state index contributed by atoms with van der Waals surface area (Å²) in [5.74, 6) is 0.867. The van der Waals surface area contributed by atoms with Crippen LogP contribution >= 0.6 is 0 Å². The van der Waals surface area contributed by atoms with Crippen LogP contribution in [0.1, 0.15) is 45.6 Å². The first kappa shape index (κ1) is 21.5. The molecule has 1 saturated heterocycles. The zero-order valence-electron chi connectivity index (χ0n) is 18.7. The van der Waals surface area contributed by atoms with Crippen LogP contribution in [0.4, 0.5) is 0 Å². The fourth-order valence-electron chi connectivity index (χ4n) is 4.80. The van der Waals surface area contributed by atoms with Crippen LogP contribution in [0.25, 0.3) is 11.1 Å². The van der Waals surface area contributed by atoms with Gasteiger partial charge in [0.1, 0.15) is 6.33 Å². The molecule has 0 bridgehead atoms. The molecule has 31 heavy (non-hydrogen) atoms. The van der Waals surface area contributed by atoms with Crippen LogP contribution in [0.2, 0.25) is 0 Å². The van der Waals surface area contributed by atoms with Crippen molar-refractivity contribution in [2.75, 3.05) is 13.1 Å². The molecule has 2 heterocycles. The number of carbonyl (C=O) groups is 2. The van der Waals surface area contributed by atoms with E-state index in [4.69, 9.17) is 0 Å². The Morgan fingerprint density at radius 3 is 2.61 bits per heavy atom. The highest BCUT2D eigenvalue weighted by Gasteiger charge is 2.48. The smallest absolute Gasteiger partial charge is 0.228 e. The van der Waals surface area contributed by atoms with Gasteiger partial charge in [0, 0.05) is 43.0 Å². The van der Waals surface area contributed by atoms with E-state index in [0.717, 1.165) is 42.5 Å². The molecule has 2 aliphatic rings. The molecule has 0 radical (unpaired) electrons. The van der Waals surface area contributed by atoms with Crippen LogP contribution in [0.15, 0.2) is 43.0 Å². The average Bonchev–Trinajstić information content (AvgIpc) is 3.50. The first-order valence-corrected chi connectivity index (χ1v) is 11.3. The van der Waals surface area contributed by atoms with Gasteiger partial charge in [-0.2, -0.15) is 0 Å². The summed E-state index contributed by atoms with van der Waals surface area (Å²) in [6.45, 7) is 7.32. The molecule has 4 rings (SSSR count). The van der Waals surface area contributed by atoms with E-state index >= 15 is 0 Å². The minimum absolute atomic E-state index is 0.0444. The van der Waals surface area contributed by atoms with E-state index in [1.807, 2.05) is 30.9 Å². The lowest BCUT2D eigenvalue weighted by Gasteiger charge is -2.42. The van der Waals surface area contributed by atoms with Gasteiger partial charge in [0.05, 0.1) is 5.41 Å². The lowest BCUT2D eigenvalue weighted by Crippen LogP contribution is -2.55. The Hall–Kier alpha value is -2.76. The van der Waals surface area contributed by atoms with Crippen LogP contribution in [0.3, 0.4) is 0 Å². The van der Waals surface area contributed by atoms with Crippen LogP contribution in [-0.4, -0.2) is 45.8 Å². The van der Waals surface area contributed by atoms with Gasteiger partial charge >= 0.3 is 0 Å². The Morgan fingerprint density at radius 2 is 1.94 bits per heavy atom. The summed E-state index contributed by atoms with van der Waals surface area (Å²) in [5.41, 5.74) is 2.43. The summed E-state index contributed by atoms with van der Waals surface area (Å²) < 4.78 is 0. The summed E-state index contributed by atoms with van der Waals surface area (Å²) in [5, 5.41) is 3.14. The molecule has 2 aromatic rings. The van der Waals surface area contributed by atoms with Crippen molar-refractivity contribution >= 4 is 11.8 Å². The average molecular weight is 421 g/mol. The highest BCUT2D eigenvalue weighted by atomic mass is 16.2. The number of hydrogen-bond acceptors (Lipinski definition) is 4. The van der Waals surface area contributed by atoms with Gasteiger partial charge in [-0.3, -0.25) is 9.59 Å². The number of rotatable bonds is 6. The third-order valence-corrected chi connectivity index (χ3v) is 6.63. The van der Waals surface area contributed by atoms with Crippen molar-refractivity contribution in [2.45, 2.75) is 52.5 Å². The molecular formula is C25H32N4O2. The highest BCUT2D eigenvalue weighted by Crippen LogP contribution is 2.42. The van der Waals surface area contributed by atoms with Gasteiger partial charge in [0.25, 0.3) is 0 Å². The van der Waals surface area contributed by atoms with E-state index < -0.39 is 5.41 Å². The zero-order chi connectivity index (χ0) is 22.0. The fraction of sp³-hybridized carbons (Fsp3) is 0.520. The van der Waals surface area contributed by atoms with E-state index in [9.17, 15) is 9.59 Å². The Bertz CT molecular complexity index is 946. The van der Waals surface area contributed by atoms with Crippen molar-refractivity contribution in [3.63, 3.8) is 0 Å². The topological polar surface area (TPSA) is 75.2 Å². The Labute approximate surface area is 184 Å². The second-order valence-electron chi connectivity index (χ2n) is 9.55. The molecule has 2 amide bonds. The number of amides is 2. The third-order valence-electron chi connectivity index (χ3n) is 6.63. The van der Waals surface area contributed by atoms with Gasteiger partial charge in [0.2, 0.25) is 11.8 Å². The van der Waals surface area contributed by atoms with Crippen molar-refractivity contribution in [1.29, 1.82) is 0 Å². The van der Waals surface area contributed by atoms with Crippen molar-refractivity contribution in [3.05, 3.63) is 48.5 Å². The van der Waals surface area contributed by atoms with Crippen molar-refractivity contribution in [1.82, 2.24) is 20.2 Å². The third kappa shape index (κ3) is 4.63. The van der Waals surface area contributed by atoms with Gasteiger partial charge in [-0.1, -0.05) is 31.2 Å². The Balaban J connectivity index is 1.67. The predicted molar refractivity (Wildman–Crippen MR) is 120 cm³/mol. The van der Waals surface area contributed by atoms with Gasteiger partial charge in [-0.05, 0) is 56.6 Å². The molecule has 6 heteroatoms. The molecule has 3 atom stereocenters. The Morgan fingerprint density at radius 1 is 1.23 bits per heavy atom. The van der Waals surface area contributed by atoms with Crippen LogP contribution in [0.5, 0.6) is 0 Å². The number of aromatic nitrogens is 2. The quantitative estimate of drug-likeness (QED) is 0.776. The SMILES string of the molecule is CC(C)NC(=O)[C@]1(Cc2ccccc2-c2cncnc2)CCCN(C(=O)[C@H]2C[C@H]2C)C1. The van der Waals surface area contributed by atoms with E-state index in [1.165, 1.54) is 6.33 Å². The van der Waals surface area contributed by atoms with Gasteiger partial charge in [-0.25, -0.2) is 9.97 Å². The lowest BCUT2D eigenvalue weighted by molar-refractivity contribution is -0.142. The van der Waals surface area contributed by atoms with Gasteiger partial charge < -0.3 is 10.2 Å². The van der Waals surface area contributed by atoms with E-state index in [0.29, 0.717) is 18.9 Å². The number of nitrogens with one attached hydrogen (secondary N) is 1. The molecule has 1 aliphatic carbocycles. The lowest BCUT2D eigenvalue weighted by atomic mass is 9.73. The number of nitrogens with zero attached hydrogens (tertiary/aromatic N) is 3. The second-order valence-corrected chi connectivity index (χ2v) is 9.55. The van der Waals surface area contributed by atoms with Crippen molar-refractivity contribution < 1.29 is 9.59 Å². The molecule has 1 aliphatic heterocycles. The van der Waals surface area contributed by atoms with E-state index in [1.54, 1.807) is 12.4 Å². The van der Waals surface area contributed by atoms with Crippen LogP contribution < -0.4 is 5.32 Å². The molecule has 164 valence electrons.